The molecule has 0 atom stereocenters. The van der Waals surface area contributed by atoms with Crippen LogP contribution in [0.1, 0.15) is 32.3 Å². The summed E-state index contributed by atoms with van der Waals surface area (Å²) in [5.74, 6) is 0.571. The molecule has 0 radical (unpaired) electrons. The van der Waals surface area contributed by atoms with Crippen molar-refractivity contribution in [1.82, 2.24) is 0 Å². The molecule has 2 rings (SSSR count). The summed E-state index contributed by atoms with van der Waals surface area (Å²) in [5, 5.41) is 0. The summed E-state index contributed by atoms with van der Waals surface area (Å²) in [6, 6.07) is 19.2. The lowest BCUT2D eigenvalue weighted by Gasteiger charge is -2.12. The standard InChI is InChI=1S/C15H16.C2H4O/c1-12(2)14-10-6-7-11-15(14)13-8-4-3-5-9-13;1-2-3/h3-12H,1-2H3;2H,1H3. The maximum absolute atomic E-state index is 8.81. The van der Waals surface area contributed by atoms with Crippen molar-refractivity contribution in [3.05, 3.63) is 60.2 Å². The minimum Gasteiger partial charge on any atom is -0.304 e. The van der Waals surface area contributed by atoms with E-state index in [1.165, 1.54) is 23.6 Å². The Bertz CT molecular complexity index is 472. The summed E-state index contributed by atoms with van der Waals surface area (Å²) in [6.45, 7) is 5.92. The van der Waals surface area contributed by atoms with E-state index in [0.29, 0.717) is 5.92 Å². The zero-order valence-corrected chi connectivity index (χ0v) is 11.3. The SMILES string of the molecule is CC(C)c1ccccc1-c1ccccc1.CC=O. The average Bonchev–Trinajstić information content (AvgIpc) is 2.40. The third-order valence-corrected chi connectivity index (χ3v) is 2.67. The molecule has 2 aromatic rings. The van der Waals surface area contributed by atoms with Crippen LogP contribution in [-0.2, 0) is 4.79 Å². The van der Waals surface area contributed by atoms with Crippen molar-refractivity contribution in [2.75, 3.05) is 0 Å². The summed E-state index contributed by atoms with van der Waals surface area (Å²) in [5.41, 5.74) is 4.08. The lowest BCUT2D eigenvalue weighted by molar-refractivity contribution is -0.106. The van der Waals surface area contributed by atoms with Crippen LogP contribution in [0.4, 0.5) is 0 Å². The largest absolute Gasteiger partial charge is 0.304 e. The van der Waals surface area contributed by atoms with Crippen LogP contribution < -0.4 is 0 Å². The van der Waals surface area contributed by atoms with Crippen LogP contribution in [0.25, 0.3) is 11.1 Å². The molecule has 1 heteroatoms. The van der Waals surface area contributed by atoms with Crippen molar-refractivity contribution in [2.45, 2.75) is 26.7 Å². The van der Waals surface area contributed by atoms with Gasteiger partial charge in [-0.05, 0) is 29.5 Å². The summed E-state index contributed by atoms with van der Waals surface area (Å²) in [7, 11) is 0. The number of benzene rings is 2. The summed E-state index contributed by atoms with van der Waals surface area (Å²) < 4.78 is 0. The molecule has 0 N–H and O–H groups in total. The van der Waals surface area contributed by atoms with Crippen molar-refractivity contribution in [1.29, 1.82) is 0 Å². The van der Waals surface area contributed by atoms with Crippen molar-refractivity contribution < 1.29 is 4.79 Å². The molecule has 0 saturated carbocycles. The van der Waals surface area contributed by atoms with E-state index in [2.05, 4.69) is 68.4 Å². The Hall–Kier alpha value is -1.89. The van der Waals surface area contributed by atoms with Crippen LogP contribution in [0.3, 0.4) is 0 Å². The Morgan fingerprint density at radius 2 is 1.39 bits per heavy atom. The third kappa shape index (κ3) is 3.85. The molecular weight excluding hydrogens is 220 g/mol. The number of carbonyl (C=O) groups is 1. The van der Waals surface area contributed by atoms with Gasteiger partial charge in [0.05, 0.1) is 0 Å². The minimum atomic E-state index is 0.571. The molecule has 0 fully saturated rings. The zero-order chi connectivity index (χ0) is 13.4. The Morgan fingerprint density at radius 1 is 0.889 bits per heavy atom. The lowest BCUT2D eigenvalue weighted by Crippen LogP contribution is -1.91. The molecule has 0 bridgehead atoms. The predicted octanol–water partition coefficient (Wildman–Crippen LogP) is 4.68. The normalized spacial score (nSPS) is 9.56. The van der Waals surface area contributed by atoms with Gasteiger partial charge in [0.15, 0.2) is 0 Å². The molecule has 0 heterocycles. The highest BCUT2D eigenvalue weighted by Gasteiger charge is 2.06. The Balaban J connectivity index is 0.000000492. The van der Waals surface area contributed by atoms with Crippen molar-refractivity contribution in [3.8, 4) is 11.1 Å². The van der Waals surface area contributed by atoms with Crippen LogP contribution in [-0.4, -0.2) is 6.29 Å². The highest BCUT2D eigenvalue weighted by Crippen LogP contribution is 2.28. The lowest BCUT2D eigenvalue weighted by atomic mass is 9.93. The molecule has 1 nitrogen and oxygen atoms in total. The van der Waals surface area contributed by atoms with E-state index < -0.39 is 0 Å². The molecule has 94 valence electrons. The third-order valence-electron chi connectivity index (χ3n) is 2.67. The predicted molar refractivity (Wildman–Crippen MR) is 77.7 cm³/mol. The number of aldehydes is 1. The maximum atomic E-state index is 8.81. The van der Waals surface area contributed by atoms with E-state index in [-0.39, 0.29) is 0 Å². The second-order valence-corrected chi connectivity index (χ2v) is 4.34. The summed E-state index contributed by atoms with van der Waals surface area (Å²) in [4.78, 5) is 8.81. The quantitative estimate of drug-likeness (QED) is 0.696. The maximum Gasteiger partial charge on any atom is 0.116 e. The van der Waals surface area contributed by atoms with Crippen LogP contribution in [0.15, 0.2) is 54.6 Å². The van der Waals surface area contributed by atoms with Crippen LogP contribution in [0, 0.1) is 0 Å². The number of hydrogen-bond acceptors (Lipinski definition) is 1. The zero-order valence-electron chi connectivity index (χ0n) is 11.3. The molecule has 0 spiro atoms. The molecule has 0 saturated heterocycles. The molecule has 0 unspecified atom stereocenters. The van der Waals surface area contributed by atoms with Gasteiger partial charge in [0.1, 0.15) is 6.29 Å². The average molecular weight is 240 g/mol. The van der Waals surface area contributed by atoms with Gasteiger partial charge < -0.3 is 4.79 Å². The van der Waals surface area contributed by atoms with Crippen molar-refractivity contribution in [3.63, 3.8) is 0 Å². The van der Waals surface area contributed by atoms with E-state index in [1.807, 2.05) is 0 Å². The van der Waals surface area contributed by atoms with Gasteiger partial charge >= 0.3 is 0 Å². The molecular formula is C17H20O. The van der Waals surface area contributed by atoms with Gasteiger partial charge in [-0.15, -0.1) is 0 Å². The molecule has 0 amide bonds. The van der Waals surface area contributed by atoms with Crippen LogP contribution >= 0.6 is 0 Å². The molecule has 0 aliphatic rings. The van der Waals surface area contributed by atoms with Crippen molar-refractivity contribution in [2.24, 2.45) is 0 Å². The second kappa shape index (κ2) is 7.44. The first-order valence-electron chi connectivity index (χ1n) is 6.24. The minimum absolute atomic E-state index is 0.571. The molecule has 0 aliphatic heterocycles. The monoisotopic (exact) mass is 240 g/mol. The van der Waals surface area contributed by atoms with E-state index in [9.17, 15) is 0 Å². The van der Waals surface area contributed by atoms with Gasteiger partial charge in [-0.25, -0.2) is 0 Å². The van der Waals surface area contributed by atoms with Crippen LogP contribution in [0.5, 0.6) is 0 Å². The Kier molecular flexibility index (Phi) is 5.86. The van der Waals surface area contributed by atoms with Gasteiger partial charge in [-0.3, -0.25) is 0 Å². The highest BCUT2D eigenvalue weighted by molar-refractivity contribution is 5.67. The topological polar surface area (TPSA) is 17.1 Å². The first kappa shape index (κ1) is 14.2. The fraction of sp³-hybridized carbons (Fsp3) is 0.235. The summed E-state index contributed by atoms with van der Waals surface area (Å²) in [6.07, 6.45) is 0.750. The highest BCUT2D eigenvalue weighted by atomic mass is 16.1. The molecule has 18 heavy (non-hydrogen) atoms. The summed E-state index contributed by atoms with van der Waals surface area (Å²) >= 11 is 0. The smallest absolute Gasteiger partial charge is 0.116 e. The number of hydrogen-bond donors (Lipinski definition) is 0. The van der Waals surface area contributed by atoms with E-state index in [1.54, 1.807) is 0 Å². The Morgan fingerprint density at radius 3 is 1.94 bits per heavy atom. The van der Waals surface area contributed by atoms with E-state index in [0.717, 1.165) is 6.29 Å². The van der Waals surface area contributed by atoms with Crippen molar-refractivity contribution >= 4 is 6.29 Å². The Labute approximate surface area is 109 Å². The first-order valence-corrected chi connectivity index (χ1v) is 6.24. The fourth-order valence-electron chi connectivity index (χ4n) is 1.88. The van der Waals surface area contributed by atoms with E-state index >= 15 is 0 Å². The fourth-order valence-corrected chi connectivity index (χ4v) is 1.88. The molecule has 0 aliphatic carbocycles. The van der Waals surface area contributed by atoms with Gasteiger partial charge in [0.2, 0.25) is 0 Å². The number of rotatable bonds is 2. The second-order valence-electron chi connectivity index (χ2n) is 4.34. The van der Waals surface area contributed by atoms with Gasteiger partial charge in [0, 0.05) is 0 Å². The van der Waals surface area contributed by atoms with Gasteiger partial charge in [-0.1, -0.05) is 68.4 Å². The van der Waals surface area contributed by atoms with E-state index in [4.69, 9.17) is 4.79 Å². The van der Waals surface area contributed by atoms with Gasteiger partial charge in [0.25, 0.3) is 0 Å². The molecule has 2 aromatic carbocycles. The molecule has 0 aromatic heterocycles. The first-order chi connectivity index (χ1) is 8.70. The van der Waals surface area contributed by atoms with Gasteiger partial charge in [-0.2, -0.15) is 0 Å². The van der Waals surface area contributed by atoms with Crippen LogP contribution in [0.2, 0.25) is 0 Å². The number of carbonyl (C=O) groups excluding carboxylic acids is 1.